The summed E-state index contributed by atoms with van der Waals surface area (Å²) in [6.07, 6.45) is 5.51. The number of nitriles is 1. The molecule has 2 aromatic rings. The number of amides is 1. The smallest absolute Gasteiger partial charge is 0.269 e. The van der Waals surface area contributed by atoms with Crippen LogP contribution in [-0.2, 0) is 6.54 Å². The molecule has 0 aliphatic heterocycles. The molecule has 96 valence electrons. The highest BCUT2D eigenvalue weighted by Crippen LogP contribution is 1.98. The Morgan fingerprint density at radius 3 is 3.00 bits per heavy atom. The first-order valence-electron chi connectivity index (χ1n) is 5.78. The number of aryl methyl sites for hydroxylation is 1. The summed E-state index contributed by atoms with van der Waals surface area (Å²) in [5.41, 5.74) is 0.738. The van der Waals surface area contributed by atoms with Gasteiger partial charge in [0.15, 0.2) is 0 Å². The molecular weight excluding hydrogens is 244 g/mol. The Bertz CT molecular complexity index is 569. The SMILES string of the molecule is N#Cc1ccc(C(=O)NCCCn2ccnn2)nc1. The number of aromatic nitrogens is 4. The van der Waals surface area contributed by atoms with E-state index in [0.29, 0.717) is 24.3 Å². The molecule has 0 spiro atoms. The van der Waals surface area contributed by atoms with Gasteiger partial charge in [0.05, 0.1) is 11.8 Å². The fourth-order valence-corrected chi connectivity index (χ4v) is 1.48. The lowest BCUT2D eigenvalue weighted by molar-refractivity contribution is 0.0947. The van der Waals surface area contributed by atoms with E-state index in [1.165, 1.54) is 12.3 Å². The number of nitrogens with zero attached hydrogens (tertiary/aromatic N) is 5. The highest BCUT2D eigenvalue weighted by molar-refractivity contribution is 5.92. The number of pyridine rings is 1. The van der Waals surface area contributed by atoms with Gasteiger partial charge in [-0.2, -0.15) is 5.26 Å². The van der Waals surface area contributed by atoms with Crippen molar-refractivity contribution in [1.29, 1.82) is 5.26 Å². The van der Waals surface area contributed by atoms with Gasteiger partial charge in [0.2, 0.25) is 0 Å². The summed E-state index contributed by atoms with van der Waals surface area (Å²) >= 11 is 0. The fourth-order valence-electron chi connectivity index (χ4n) is 1.48. The summed E-state index contributed by atoms with van der Waals surface area (Å²) in [7, 11) is 0. The minimum absolute atomic E-state index is 0.247. The molecule has 0 aliphatic carbocycles. The van der Waals surface area contributed by atoms with Crippen LogP contribution in [0.2, 0.25) is 0 Å². The van der Waals surface area contributed by atoms with Crippen molar-refractivity contribution in [3.8, 4) is 6.07 Å². The Morgan fingerprint density at radius 1 is 1.47 bits per heavy atom. The largest absolute Gasteiger partial charge is 0.351 e. The molecule has 19 heavy (non-hydrogen) atoms. The van der Waals surface area contributed by atoms with Gasteiger partial charge in [-0.15, -0.1) is 5.10 Å². The Kier molecular flexibility index (Phi) is 4.18. The molecule has 2 aromatic heterocycles. The molecule has 0 atom stereocenters. The minimum atomic E-state index is -0.247. The summed E-state index contributed by atoms with van der Waals surface area (Å²) < 4.78 is 1.70. The van der Waals surface area contributed by atoms with Crippen LogP contribution in [0.5, 0.6) is 0 Å². The zero-order chi connectivity index (χ0) is 13.5. The fraction of sp³-hybridized carbons (Fsp3) is 0.250. The number of carbonyl (C=O) groups excluding carboxylic acids is 1. The first kappa shape index (κ1) is 12.7. The Morgan fingerprint density at radius 2 is 2.37 bits per heavy atom. The van der Waals surface area contributed by atoms with Gasteiger partial charge in [-0.05, 0) is 18.6 Å². The summed E-state index contributed by atoms with van der Waals surface area (Å²) in [5, 5.41) is 18.9. The van der Waals surface area contributed by atoms with Crippen LogP contribution in [0.3, 0.4) is 0 Å². The topological polar surface area (TPSA) is 96.5 Å². The van der Waals surface area contributed by atoms with E-state index in [0.717, 1.165) is 6.42 Å². The van der Waals surface area contributed by atoms with E-state index in [2.05, 4.69) is 20.6 Å². The van der Waals surface area contributed by atoms with E-state index in [9.17, 15) is 4.79 Å². The van der Waals surface area contributed by atoms with Gasteiger partial charge < -0.3 is 5.32 Å². The molecule has 2 rings (SSSR count). The third kappa shape index (κ3) is 3.61. The molecule has 1 N–H and O–H groups in total. The zero-order valence-corrected chi connectivity index (χ0v) is 10.2. The maximum absolute atomic E-state index is 11.7. The van der Waals surface area contributed by atoms with E-state index in [4.69, 9.17) is 5.26 Å². The van der Waals surface area contributed by atoms with Crippen molar-refractivity contribution in [2.75, 3.05) is 6.54 Å². The van der Waals surface area contributed by atoms with Gasteiger partial charge in [-0.3, -0.25) is 9.48 Å². The lowest BCUT2D eigenvalue weighted by atomic mass is 10.2. The first-order chi connectivity index (χ1) is 9.29. The monoisotopic (exact) mass is 256 g/mol. The van der Waals surface area contributed by atoms with Crippen LogP contribution in [0.15, 0.2) is 30.7 Å². The van der Waals surface area contributed by atoms with Crippen LogP contribution in [0.4, 0.5) is 0 Å². The van der Waals surface area contributed by atoms with Crippen LogP contribution in [0, 0.1) is 11.3 Å². The normalized spacial score (nSPS) is 9.84. The van der Waals surface area contributed by atoms with Gasteiger partial charge in [-0.1, -0.05) is 5.21 Å². The predicted octanol–water partition coefficient (Wildman–Crippen LogP) is 0.365. The third-order valence-corrected chi connectivity index (χ3v) is 2.45. The third-order valence-electron chi connectivity index (χ3n) is 2.45. The molecule has 2 heterocycles. The summed E-state index contributed by atoms with van der Waals surface area (Å²) in [6, 6.07) is 5.05. The van der Waals surface area contributed by atoms with Gasteiger partial charge in [0.1, 0.15) is 11.8 Å². The summed E-state index contributed by atoms with van der Waals surface area (Å²) in [6.45, 7) is 1.22. The van der Waals surface area contributed by atoms with E-state index >= 15 is 0 Å². The Hall–Kier alpha value is -2.75. The second-order valence-corrected chi connectivity index (χ2v) is 3.82. The average Bonchev–Trinajstić information content (AvgIpc) is 2.96. The molecular formula is C12H12N6O. The summed E-state index contributed by atoms with van der Waals surface area (Å²) in [4.78, 5) is 15.6. The standard InChI is InChI=1S/C12H12N6O/c13-8-10-2-3-11(15-9-10)12(19)14-4-1-6-18-7-5-16-17-18/h2-3,5,7,9H,1,4,6H2,(H,14,19). The van der Waals surface area contributed by atoms with Crippen LogP contribution in [0.1, 0.15) is 22.5 Å². The molecule has 0 radical (unpaired) electrons. The maximum Gasteiger partial charge on any atom is 0.269 e. The van der Waals surface area contributed by atoms with Crippen LogP contribution < -0.4 is 5.32 Å². The number of nitrogens with one attached hydrogen (secondary N) is 1. The molecule has 0 aromatic carbocycles. The molecule has 0 bridgehead atoms. The molecule has 1 amide bonds. The second kappa shape index (κ2) is 6.26. The molecule has 0 saturated carbocycles. The maximum atomic E-state index is 11.7. The highest BCUT2D eigenvalue weighted by atomic mass is 16.1. The molecule has 0 saturated heterocycles. The number of rotatable bonds is 5. The van der Waals surface area contributed by atoms with E-state index in [-0.39, 0.29) is 5.91 Å². The lowest BCUT2D eigenvalue weighted by Gasteiger charge is -2.04. The average molecular weight is 256 g/mol. The van der Waals surface area contributed by atoms with Crippen LogP contribution in [-0.4, -0.2) is 32.4 Å². The van der Waals surface area contributed by atoms with Gasteiger partial charge in [0.25, 0.3) is 5.91 Å². The van der Waals surface area contributed by atoms with Gasteiger partial charge in [0, 0.05) is 25.5 Å². The molecule has 0 aliphatic rings. The molecule has 7 nitrogen and oxygen atoms in total. The number of carbonyl (C=O) groups is 1. The lowest BCUT2D eigenvalue weighted by Crippen LogP contribution is -2.26. The van der Waals surface area contributed by atoms with Crippen LogP contribution in [0.25, 0.3) is 0 Å². The van der Waals surface area contributed by atoms with E-state index < -0.39 is 0 Å². The highest BCUT2D eigenvalue weighted by Gasteiger charge is 2.06. The van der Waals surface area contributed by atoms with Crippen molar-refractivity contribution >= 4 is 5.91 Å². The predicted molar refractivity (Wildman–Crippen MR) is 65.9 cm³/mol. The van der Waals surface area contributed by atoms with E-state index in [1.807, 2.05) is 6.07 Å². The van der Waals surface area contributed by atoms with Crippen LogP contribution >= 0.6 is 0 Å². The van der Waals surface area contributed by atoms with Crippen molar-refractivity contribution in [3.63, 3.8) is 0 Å². The summed E-state index contributed by atoms with van der Waals surface area (Å²) in [5.74, 6) is -0.247. The van der Waals surface area contributed by atoms with E-state index in [1.54, 1.807) is 23.1 Å². The minimum Gasteiger partial charge on any atom is -0.351 e. The first-order valence-corrected chi connectivity index (χ1v) is 5.78. The second-order valence-electron chi connectivity index (χ2n) is 3.82. The van der Waals surface area contributed by atoms with Crippen molar-refractivity contribution in [3.05, 3.63) is 42.0 Å². The van der Waals surface area contributed by atoms with Crippen molar-refractivity contribution in [1.82, 2.24) is 25.3 Å². The number of hydrogen-bond donors (Lipinski definition) is 1. The van der Waals surface area contributed by atoms with Crippen molar-refractivity contribution in [2.24, 2.45) is 0 Å². The molecule has 7 heteroatoms. The molecule has 0 unspecified atom stereocenters. The Balaban J connectivity index is 1.76. The van der Waals surface area contributed by atoms with Gasteiger partial charge in [-0.25, -0.2) is 4.98 Å². The van der Waals surface area contributed by atoms with Crippen molar-refractivity contribution in [2.45, 2.75) is 13.0 Å². The van der Waals surface area contributed by atoms with Crippen molar-refractivity contribution < 1.29 is 4.79 Å². The zero-order valence-electron chi connectivity index (χ0n) is 10.2. The number of hydrogen-bond acceptors (Lipinski definition) is 5. The quantitative estimate of drug-likeness (QED) is 0.779. The van der Waals surface area contributed by atoms with Gasteiger partial charge >= 0.3 is 0 Å². The Labute approximate surface area is 109 Å². The molecule has 0 fully saturated rings.